The molecule has 2 rings (SSSR count). The fourth-order valence-electron chi connectivity index (χ4n) is 3.32. The number of hydrogen-bond acceptors (Lipinski definition) is 2. The summed E-state index contributed by atoms with van der Waals surface area (Å²) < 4.78 is 0. The Hall–Kier alpha value is 0.814. The van der Waals surface area contributed by atoms with Gasteiger partial charge < -0.3 is 24.8 Å². The van der Waals surface area contributed by atoms with Gasteiger partial charge in [0, 0.05) is 22.6 Å². The molecule has 2 aromatic rings. The van der Waals surface area contributed by atoms with Crippen molar-refractivity contribution >= 4 is 38.5 Å². The fraction of sp³-hybridized carbons (Fsp3) is 0.538. The van der Waals surface area contributed by atoms with E-state index in [1.807, 2.05) is 22.7 Å². The van der Waals surface area contributed by atoms with E-state index in [0.717, 1.165) is 35.5 Å². The number of hydrogen-bond donors (Lipinski definition) is 0. The molecule has 0 fully saturated rings. The van der Waals surface area contributed by atoms with Gasteiger partial charge in [0.2, 0.25) is 0 Å². The minimum Gasteiger partial charge on any atom is -1.00 e. The number of halogens is 2. The Balaban J connectivity index is -0.000000500. The van der Waals surface area contributed by atoms with E-state index >= 15 is 0 Å². The van der Waals surface area contributed by atoms with Crippen molar-refractivity contribution in [3.63, 3.8) is 0 Å². The second kappa shape index (κ2) is 22.0. The summed E-state index contributed by atoms with van der Waals surface area (Å²) in [7, 11) is 0.127. The molecule has 0 aliphatic carbocycles. The monoisotopic (exact) mass is 608 g/mol. The minimum atomic E-state index is 0. The fourth-order valence-corrected chi connectivity index (χ4v) is 9.14. The molecule has 192 valence electrons. The summed E-state index contributed by atoms with van der Waals surface area (Å²) in [5.74, 6) is 4.93. The smallest absolute Gasteiger partial charge is 1.00 e. The molecule has 0 nitrogen and oxygen atoms in total. The summed E-state index contributed by atoms with van der Waals surface area (Å²) in [6.07, 6.45) is 6.93. The van der Waals surface area contributed by atoms with E-state index in [1.165, 1.54) is 9.75 Å². The van der Waals surface area contributed by atoms with E-state index in [4.69, 9.17) is 0 Å². The van der Waals surface area contributed by atoms with Crippen LogP contribution in [0.2, 0.25) is 0 Å². The molecule has 0 atom stereocenters. The van der Waals surface area contributed by atoms with E-state index in [9.17, 15) is 0 Å². The molecule has 0 spiro atoms. The number of thiophene rings is 2. The zero-order chi connectivity index (χ0) is 22.5. The van der Waals surface area contributed by atoms with Crippen LogP contribution >= 0.6 is 38.5 Å². The Kier molecular flexibility index (Phi) is 25.6. The molecule has 7 heteroatoms. The summed E-state index contributed by atoms with van der Waals surface area (Å²) in [6.45, 7) is 18.7. The van der Waals surface area contributed by atoms with Gasteiger partial charge in [0.15, 0.2) is 0 Å². The van der Waals surface area contributed by atoms with Gasteiger partial charge in [-0.15, -0.1) is 22.7 Å². The molecule has 2 aromatic heterocycles. The van der Waals surface area contributed by atoms with Gasteiger partial charge in [0.25, 0.3) is 0 Å². The second-order valence-corrected chi connectivity index (χ2v) is 17.2. The first-order chi connectivity index (χ1) is 14.2. The van der Waals surface area contributed by atoms with Crippen LogP contribution in [-0.2, 0) is 29.3 Å². The van der Waals surface area contributed by atoms with E-state index in [0.29, 0.717) is 0 Å². The Bertz CT molecular complexity index is 634. The van der Waals surface area contributed by atoms with Crippen molar-refractivity contribution in [3.05, 3.63) is 68.6 Å². The molecule has 33 heavy (non-hydrogen) atoms. The molecule has 0 radical (unpaired) electrons. The third-order valence-corrected chi connectivity index (χ3v) is 12.4. The summed E-state index contributed by atoms with van der Waals surface area (Å²) in [5.41, 5.74) is 3.22. The van der Waals surface area contributed by atoms with Gasteiger partial charge in [-0.3, -0.25) is 0 Å². The van der Waals surface area contributed by atoms with Gasteiger partial charge in [-0.2, -0.15) is 0 Å². The van der Waals surface area contributed by atoms with E-state index in [-0.39, 0.29) is 57.1 Å². The van der Waals surface area contributed by atoms with Crippen molar-refractivity contribution < 1.29 is 41.3 Å². The average molecular weight is 610 g/mol. The largest absolute Gasteiger partial charge is 2.00 e. The van der Waals surface area contributed by atoms with Gasteiger partial charge in [-0.25, -0.2) is 0 Å². The first-order valence-electron chi connectivity index (χ1n) is 11.1. The SMILES string of the molecule is CC(C)P(C=CCc1cccs1)C(C)C.CC(C)P(C=CCc1cccs1)C(C)C.[Cl-].[Cl-].[Ni+2]. The Morgan fingerprint density at radius 3 is 1.15 bits per heavy atom. The molecule has 0 N–H and O–H groups in total. The third kappa shape index (κ3) is 17.0. The number of allylic oxidation sites excluding steroid dienone is 2. The van der Waals surface area contributed by atoms with Gasteiger partial charge >= 0.3 is 16.5 Å². The molecule has 0 aliphatic rings. The van der Waals surface area contributed by atoms with Crippen LogP contribution in [0.25, 0.3) is 0 Å². The van der Waals surface area contributed by atoms with Crippen LogP contribution in [0, 0.1) is 0 Å². The van der Waals surface area contributed by atoms with Crippen molar-refractivity contribution in [1.29, 1.82) is 0 Å². The van der Waals surface area contributed by atoms with Crippen molar-refractivity contribution in [2.24, 2.45) is 0 Å². The molecule has 0 aliphatic heterocycles. The van der Waals surface area contributed by atoms with Crippen molar-refractivity contribution in [2.45, 2.75) is 90.9 Å². The third-order valence-electron chi connectivity index (χ3n) is 4.74. The first-order valence-corrected chi connectivity index (χ1v) is 16.0. The summed E-state index contributed by atoms with van der Waals surface area (Å²) >= 11 is 3.69. The van der Waals surface area contributed by atoms with Crippen LogP contribution in [0.15, 0.2) is 58.8 Å². The number of rotatable bonds is 10. The Morgan fingerprint density at radius 1 is 0.636 bits per heavy atom. The van der Waals surface area contributed by atoms with Crippen LogP contribution in [0.4, 0.5) is 0 Å². The van der Waals surface area contributed by atoms with E-state index in [1.54, 1.807) is 0 Å². The maximum Gasteiger partial charge on any atom is 2.00 e. The zero-order valence-corrected chi connectivity index (χ0v) is 27.2. The maximum absolute atomic E-state index is 2.46. The van der Waals surface area contributed by atoms with Crippen LogP contribution in [-0.4, -0.2) is 22.6 Å². The molecular weight excluding hydrogens is 568 g/mol. The summed E-state index contributed by atoms with van der Waals surface area (Å²) in [5, 5.41) is 4.30. The molecule has 0 saturated heterocycles. The van der Waals surface area contributed by atoms with Crippen LogP contribution in [0.3, 0.4) is 0 Å². The van der Waals surface area contributed by atoms with Crippen molar-refractivity contribution in [1.82, 2.24) is 0 Å². The van der Waals surface area contributed by atoms with Gasteiger partial charge in [0.1, 0.15) is 0 Å². The molecule has 0 saturated carbocycles. The summed E-state index contributed by atoms with van der Waals surface area (Å²) in [4.78, 5) is 2.93. The normalized spacial score (nSPS) is 11.3. The molecule has 2 heterocycles. The molecule has 0 bridgehead atoms. The standard InChI is InChI=1S/2C13H21PS.2ClH.Ni/c2*1-11(2)14(12(3)4)9-5-7-13-8-6-10-15-13;;;/h2*5-6,8-12H,7H2,1-4H3;2*1H;/q;;;;+2/p-2. The maximum atomic E-state index is 2.46. The molecule has 0 amide bonds. The van der Waals surface area contributed by atoms with Crippen LogP contribution in [0.5, 0.6) is 0 Å². The quantitative estimate of drug-likeness (QED) is 0.280. The predicted molar refractivity (Wildman–Crippen MR) is 149 cm³/mol. The molecule has 0 unspecified atom stereocenters. The topological polar surface area (TPSA) is 0 Å². The first kappa shape index (κ1) is 38.3. The molecular formula is C26H42Cl2NiP2S2. The van der Waals surface area contributed by atoms with Crippen molar-refractivity contribution in [2.75, 3.05) is 0 Å². The van der Waals surface area contributed by atoms with Crippen LogP contribution < -0.4 is 24.8 Å². The van der Waals surface area contributed by atoms with E-state index < -0.39 is 0 Å². The Morgan fingerprint density at radius 2 is 0.939 bits per heavy atom. The van der Waals surface area contributed by atoms with Gasteiger partial charge in [0.05, 0.1) is 0 Å². The zero-order valence-electron chi connectivity index (χ0n) is 21.3. The van der Waals surface area contributed by atoms with E-state index in [2.05, 4.69) is 114 Å². The summed E-state index contributed by atoms with van der Waals surface area (Å²) in [6, 6.07) is 8.67. The van der Waals surface area contributed by atoms with Gasteiger partial charge in [-0.05, 0) is 45.5 Å². The minimum absolute atomic E-state index is 0. The second-order valence-electron chi connectivity index (χ2n) is 8.61. The van der Waals surface area contributed by atoms with Crippen molar-refractivity contribution in [3.8, 4) is 0 Å². The predicted octanol–water partition coefficient (Wildman–Crippen LogP) is 4.21. The van der Waals surface area contributed by atoms with Crippen LogP contribution in [0.1, 0.15) is 65.1 Å². The average Bonchev–Trinajstić information content (AvgIpc) is 3.35. The molecule has 0 aromatic carbocycles. The van der Waals surface area contributed by atoms with Gasteiger partial charge in [-0.1, -0.05) is 107 Å². The Labute approximate surface area is 237 Å².